The van der Waals surface area contributed by atoms with Crippen LogP contribution in [0.1, 0.15) is 15.9 Å². The predicted molar refractivity (Wildman–Crippen MR) is 123 cm³/mol. The van der Waals surface area contributed by atoms with Gasteiger partial charge >= 0.3 is 0 Å². The molecule has 0 aliphatic carbocycles. The Labute approximate surface area is 188 Å². The van der Waals surface area contributed by atoms with E-state index in [1.54, 1.807) is 40.1 Å². The molecule has 0 bridgehead atoms. The second-order valence-electron chi connectivity index (χ2n) is 7.34. The zero-order chi connectivity index (χ0) is 22.8. The Morgan fingerprint density at radius 3 is 2.79 bits per heavy atom. The first-order valence-corrected chi connectivity index (χ1v) is 10.1. The van der Waals surface area contributed by atoms with Crippen molar-refractivity contribution in [3.8, 4) is 17.0 Å². The van der Waals surface area contributed by atoms with E-state index in [4.69, 9.17) is 10.5 Å². The summed E-state index contributed by atoms with van der Waals surface area (Å²) >= 11 is 0. The topological polar surface area (TPSA) is 125 Å². The van der Waals surface area contributed by atoms with E-state index in [0.29, 0.717) is 23.4 Å². The normalized spacial score (nSPS) is 10.9. The van der Waals surface area contributed by atoms with E-state index in [2.05, 4.69) is 25.5 Å². The van der Waals surface area contributed by atoms with Gasteiger partial charge in [0.1, 0.15) is 5.56 Å². The van der Waals surface area contributed by atoms with Gasteiger partial charge in [-0.15, -0.1) is 5.10 Å². The molecule has 4 aromatic heterocycles. The molecule has 0 saturated heterocycles. The van der Waals surface area contributed by atoms with Crippen LogP contribution in [-0.4, -0.2) is 42.4 Å². The second-order valence-corrected chi connectivity index (χ2v) is 7.34. The Hall–Kier alpha value is -4.73. The van der Waals surface area contributed by atoms with Gasteiger partial charge in [-0.05, 0) is 29.3 Å². The Morgan fingerprint density at radius 1 is 1.12 bits per heavy atom. The lowest BCUT2D eigenvalue weighted by Gasteiger charge is -2.10. The fourth-order valence-corrected chi connectivity index (χ4v) is 3.50. The van der Waals surface area contributed by atoms with Crippen LogP contribution in [0.5, 0.6) is 5.88 Å². The van der Waals surface area contributed by atoms with E-state index < -0.39 is 0 Å². The van der Waals surface area contributed by atoms with Crippen molar-refractivity contribution in [3.05, 3.63) is 84.4 Å². The number of aromatic nitrogens is 6. The standard InChI is InChI=1S/C23H20N8O2/c1-33-22-19(9-17(11-25-22)16-7-8-31-20(10-16)28-23(24)29-31)21(32)27-18-12-26-30(14-18)13-15-5-3-2-4-6-15/h2-12,14H,13H2,1H3,(H2,24,29)(H,27,32). The highest BCUT2D eigenvalue weighted by Gasteiger charge is 2.17. The maximum Gasteiger partial charge on any atom is 0.261 e. The highest BCUT2D eigenvalue weighted by molar-refractivity contribution is 6.06. The summed E-state index contributed by atoms with van der Waals surface area (Å²) in [7, 11) is 1.47. The number of ether oxygens (including phenoxy) is 1. The smallest absolute Gasteiger partial charge is 0.261 e. The van der Waals surface area contributed by atoms with Gasteiger partial charge in [0.05, 0.1) is 25.5 Å². The van der Waals surface area contributed by atoms with Gasteiger partial charge < -0.3 is 15.8 Å². The Balaban J connectivity index is 1.39. The van der Waals surface area contributed by atoms with Crippen molar-refractivity contribution in [1.29, 1.82) is 0 Å². The van der Waals surface area contributed by atoms with Crippen molar-refractivity contribution in [2.75, 3.05) is 18.2 Å². The highest BCUT2D eigenvalue weighted by atomic mass is 16.5. The average molecular weight is 440 g/mol. The Morgan fingerprint density at radius 2 is 1.97 bits per heavy atom. The van der Waals surface area contributed by atoms with Gasteiger partial charge in [-0.2, -0.15) is 10.1 Å². The quantitative estimate of drug-likeness (QED) is 0.416. The number of benzene rings is 1. The fraction of sp³-hybridized carbons (Fsp3) is 0.0870. The molecule has 0 spiro atoms. The molecule has 1 aromatic carbocycles. The molecular formula is C23H20N8O2. The fourth-order valence-electron chi connectivity index (χ4n) is 3.50. The molecule has 3 N–H and O–H groups in total. The third-order valence-electron chi connectivity index (χ3n) is 5.05. The van der Waals surface area contributed by atoms with Crippen LogP contribution < -0.4 is 15.8 Å². The largest absolute Gasteiger partial charge is 0.480 e. The SMILES string of the molecule is COc1ncc(-c2ccn3nc(N)nc3c2)cc1C(=O)Nc1cnn(Cc2ccccc2)c1. The first-order chi connectivity index (χ1) is 16.1. The van der Waals surface area contributed by atoms with Gasteiger partial charge in [-0.3, -0.25) is 9.48 Å². The van der Waals surface area contributed by atoms with Crippen molar-refractivity contribution in [2.45, 2.75) is 6.54 Å². The van der Waals surface area contributed by atoms with Crippen LogP contribution in [0.2, 0.25) is 0 Å². The molecule has 10 nitrogen and oxygen atoms in total. The van der Waals surface area contributed by atoms with E-state index in [9.17, 15) is 4.79 Å². The lowest BCUT2D eigenvalue weighted by molar-refractivity contribution is 0.102. The van der Waals surface area contributed by atoms with Crippen LogP contribution in [0.4, 0.5) is 11.6 Å². The summed E-state index contributed by atoms with van der Waals surface area (Å²) in [6.07, 6.45) is 6.77. The minimum absolute atomic E-state index is 0.188. The number of hydrogen-bond acceptors (Lipinski definition) is 7. The molecule has 5 rings (SSSR count). The van der Waals surface area contributed by atoms with Gasteiger partial charge in [0, 0.05) is 24.2 Å². The van der Waals surface area contributed by atoms with Crippen LogP contribution in [0, 0.1) is 0 Å². The molecule has 164 valence electrons. The number of hydrogen-bond donors (Lipinski definition) is 2. The molecule has 0 atom stereocenters. The van der Waals surface area contributed by atoms with E-state index in [1.165, 1.54) is 7.11 Å². The third kappa shape index (κ3) is 4.22. The summed E-state index contributed by atoms with van der Waals surface area (Å²) in [5.74, 6) is 0.0573. The molecule has 0 saturated carbocycles. The van der Waals surface area contributed by atoms with E-state index in [-0.39, 0.29) is 17.7 Å². The van der Waals surface area contributed by atoms with Crippen molar-refractivity contribution < 1.29 is 9.53 Å². The van der Waals surface area contributed by atoms with Gasteiger partial charge in [0.15, 0.2) is 5.65 Å². The zero-order valence-corrected chi connectivity index (χ0v) is 17.7. The number of amides is 1. The molecule has 0 aliphatic heterocycles. The lowest BCUT2D eigenvalue weighted by atomic mass is 10.1. The minimum atomic E-state index is -0.353. The van der Waals surface area contributed by atoms with Crippen LogP contribution in [0.15, 0.2) is 73.3 Å². The molecule has 0 fully saturated rings. The highest BCUT2D eigenvalue weighted by Crippen LogP contribution is 2.26. The Bertz CT molecular complexity index is 1440. The zero-order valence-electron chi connectivity index (χ0n) is 17.7. The molecular weight excluding hydrogens is 420 g/mol. The maximum absolute atomic E-state index is 13.0. The summed E-state index contributed by atoms with van der Waals surface area (Å²) in [4.78, 5) is 21.5. The lowest BCUT2D eigenvalue weighted by Crippen LogP contribution is -2.14. The van der Waals surface area contributed by atoms with Crippen molar-refractivity contribution in [2.24, 2.45) is 0 Å². The number of nitrogens with zero attached hydrogens (tertiary/aromatic N) is 6. The number of pyridine rings is 2. The Kier molecular flexibility index (Phi) is 5.15. The average Bonchev–Trinajstić information content (AvgIpc) is 3.43. The molecule has 0 aliphatic rings. The van der Waals surface area contributed by atoms with Gasteiger partial charge in [0.25, 0.3) is 5.91 Å². The molecule has 1 amide bonds. The number of nitrogens with two attached hydrogens (primary N) is 1. The van der Waals surface area contributed by atoms with Crippen molar-refractivity contribution >= 4 is 23.2 Å². The number of rotatable bonds is 6. The van der Waals surface area contributed by atoms with E-state index in [0.717, 1.165) is 16.7 Å². The van der Waals surface area contributed by atoms with Gasteiger partial charge in [-0.25, -0.2) is 9.50 Å². The van der Waals surface area contributed by atoms with Crippen molar-refractivity contribution in [3.63, 3.8) is 0 Å². The number of nitrogens with one attached hydrogen (secondary N) is 1. The summed E-state index contributed by atoms with van der Waals surface area (Å²) in [5.41, 5.74) is 9.79. The first-order valence-electron chi connectivity index (χ1n) is 10.1. The van der Waals surface area contributed by atoms with Gasteiger partial charge in [-0.1, -0.05) is 30.3 Å². The minimum Gasteiger partial charge on any atom is -0.480 e. The number of carbonyl (C=O) groups is 1. The summed E-state index contributed by atoms with van der Waals surface area (Å²) in [5, 5.41) is 11.3. The summed E-state index contributed by atoms with van der Waals surface area (Å²) in [6.45, 7) is 0.604. The molecule has 5 aromatic rings. The molecule has 4 heterocycles. The summed E-state index contributed by atoms with van der Waals surface area (Å²) in [6, 6.07) is 15.4. The third-order valence-corrected chi connectivity index (χ3v) is 5.05. The molecule has 33 heavy (non-hydrogen) atoms. The monoisotopic (exact) mass is 440 g/mol. The maximum atomic E-state index is 13.0. The number of carbonyl (C=O) groups excluding carboxylic acids is 1. The number of methoxy groups -OCH3 is 1. The number of fused-ring (bicyclic) bond motifs is 1. The van der Waals surface area contributed by atoms with Crippen molar-refractivity contribution in [1.82, 2.24) is 29.4 Å². The molecule has 0 unspecified atom stereocenters. The number of anilines is 2. The number of nitrogen functional groups attached to an aromatic ring is 1. The van der Waals surface area contributed by atoms with Crippen LogP contribution in [0.25, 0.3) is 16.8 Å². The molecule has 10 heteroatoms. The van der Waals surface area contributed by atoms with Crippen LogP contribution in [0.3, 0.4) is 0 Å². The second kappa shape index (κ2) is 8.42. The van der Waals surface area contributed by atoms with Crippen LogP contribution in [-0.2, 0) is 6.54 Å². The van der Waals surface area contributed by atoms with E-state index >= 15 is 0 Å². The van der Waals surface area contributed by atoms with Gasteiger partial charge in [0.2, 0.25) is 11.8 Å². The molecule has 0 radical (unpaired) electrons. The predicted octanol–water partition coefficient (Wildman–Crippen LogP) is 2.88. The van der Waals surface area contributed by atoms with Crippen LogP contribution >= 0.6 is 0 Å². The first kappa shape index (κ1) is 20.2. The van der Waals surface area contributed by atoms with E-state index in [1.807, 2.05) is 42.5 Å². The summed E-state index contributed by atoms with van der Waals surface area (Å²) < 4.78 is 8.66.